The van der Waals surface area contributed by atoms with Crippen LogP contribution in [0.25, 0.3) is 0 Å². The first-order chi connectivity index (χ1) is 8.86. The molecular formula is C16H29NO. The van der Waals surface area contributed by atoms with E-state index in [0.717, 1.165) is 19.1 Å². The van der Waals surface area contributed by atoms with Gasteiger partial charge in [0.25, 0.3) is 0 Å². The lowest BCUT2D eigenvalue weighted by Crippen LogP contribution is -2.44. The molecular weight excluding hydrogens is 222 g/mol. The van der Waals surface area contributed by atoms with Crippen LogP contribution in [0.15, 0.2) is 11.6 Å². The summed E-state index contributed by atoms with van der Waals surface area (Å²) < 4.78 is 6.07. The van der Waals surface area contributed by atoms with Gasteiger partial charge in [0.1, 0.15) is 0 Å². The molecule has 0 aromatic heterocycles. The van der Waals surface area contributed by atoms with Crippen LogP contribution in [0.5, 0.6) is 0 Å². The Balaban J connectivity index is 2.06. The Morgan fingerprint density at radius 1 is 1.28 bits per heavy atom. The molecule has 2 rings (SSSR count). The second-order valence-corrected chi connectivity index (χ2v) is 5.67. The quantitative estimate of drug-likeness (QED) is 0.697. The maximum absolute atomic E-state index is 6.07. The highest BCUT2D eigenvalue weighted by Gasteiger charge is 2.38. The van der Waals surface area contributed by atoms with Crippen LogP contribution in [-0.2, 0) is 4.74 Å². The topological polar surface area (TPSA) is 21.3 Å². The van der Waals surface area contributed by atoms with Crippen LogP contribution in [0.3, 0.4) is 0 Å². The zero-order valence-electron chi connectivity index (χ0n) is 12.1. The minimum Gasteiger partial charge on any atom is -0.376 e. The summed E-state index contributed by atoms with van der Waals surface area (Å²) in [5, 5.41) is 3.69. The maximum Gasteiger partial charge on any atom is 0.0794 e. The van der Waals surface area contributed by atoms with Crippen LogP contribution in [0.4, 0.5) is 0 Å². The Morgan fingerprint density at radius 2 is 2.11 bits per heavy atom. The summed E-state index contributed by atoms with van der Waals surface area (Å²) in [7, 11) is 0. The Bertz CT molecular complexity index is 270. The number of nitrogens with one attached hydrogen (secondary N) is 1. The molecule has 18 heavy (non-hydrogen) atoms. The lowest BCUT2D eigenvalue weighted by atomic mass is 9.94. The highest BCUT2D eigenvalue weighted by atomic mass is 16.5. The highest BCUT2D eigenvalue weighted by molar-refractivity contribution is 5.16. The molecule has 2 nitrogen and oxygen atoms in total. The van der Waals surface area contributed by atoms with E-state index in [0.29, 0.717) is 12.1 Å². The van der Waals surface area contributed by atoms with Crippen LogP contribution >= 0.6 is 0 Å². The molecule has 2 unspecified atom stereocenters. The predicted molar refractivity (Wildman–Crippen MR) is 76.8 cm³/mol. The molecule has 1 fully saturated rings. The molecule has 2 aliphatic carbocycles. The van der Waals surface area contributed by atoms with Crippen molar-refractivity contribution in [1.82, 2.24) is 5.32 Å². The van der Waals surface area contributed by atoms with Gasteiger partial charge in [-0.3, -0.25) is 0 Å². The lowest BCUT2D eigenvalue weighted by molar-refractivity contribution is 0.0275. The number of hydrogen-bond donors (Lipinski definition) is 1. The van der Waals surface area contributed by atoms with Crippen molar-refractivity contribution in [3.63, 3.8) is 0 Å². The number of hydrogen-bond acceptors (Lipinski definition) is 2. The number of likely N-dealkylation sites (N-methyl/N-ethyl adjacent to an activating group) is 1. The maximum atomic E-state index is 6.07. The molecule has 0 heterocycles. The van der Waals surface area contributed by atoms with Gasteiger partial charge in [-0.05, 0) is 57.9 Å². The van der Waals surface area contributed by atoms with Crippen molar-refractivity contribution in [3.8, 4) is 0 Å². The third-order valence-electron chi connectivity index (χ3n) is 4.17. The van der Waals surface area contributed by atoms with Gasteiger partial charge >= 0.3 is 0 Å². The minimum atomic E-state index is 0.416. The van der Waals surface area contributed by atoms with Crippen LogP contribution in [0, 0.1) is 5.92 Å². The summed E-state index contributed by atoms with van der Waals surface area (Å²) >= 11 is 0. The zero-order valence-corrected chi connectivity index (χ0v) is 12.1. The van der Waals surface area contributed by atoms with E-state index in [2.05, 4.69) is 25.2 Å². The standard InChI is InChI=1S/C16H29NO/c1-3-17-15(13-9-7-5-6-8-10-13)16(18-4-2)14-11-12-14/h9,14-17H,3-8,10-12H2,1-2H3. The molecule has 2 heteroatoms. The van der Waals surface area contributed by atoms with Gasteiger partial charge in [0.2, 0.25) is 0 Å². The first kappa shape index (κ1) is 14.1. The molecule has 0 aromatic carbocycles. The predicted octanol–water partition coefficient (Wildman–Crippen LogP) is 3.67. The van der Waals surface area contributed by atoms with Crippen molar-refractivity contribution in [2.24, 2.45) is 5.92 Å². The Kier molecular flexibility index (Phi) is 5.71. The third kappa shape index (κ3) is 3.83. The van der Waals surface area contributed by atoms with Crippen molar-refractivity contribution < 1.29 is 4.74 Å². The van der Waals surface area contributed by atoms with Crippen molar-refractivity contribution in [3.05, 3.63) is 11.6 Å². The van der Waals surface area contributed by atoms with Gasteiger partial charge in [0.05, 0.1) is 12.1 Å². The number of allylic oxidation sites excluding steroid dienone is 1. The average molecular weight is 251 g/mol. The van der Waals surface area contributed by atoms with Gasteiger partial charge in [-0.1, -0.05) is 25.0 Å². The van der Waals surface area contributed by atoms with Gasteiger partial charge < -0.3 is 10.1 Å². The fourth-order valence-corrected chi connectivity index (χ4v) is 3.12. The fourth-order valence-electron chi connectivity index (χ4n) is 3.12. The van der Waals surface area contributed by atoms with Crippen LogP contribution in [0.1, 0.15) is 58.8 Å². The zero-order chi connectivity index (χ0) is 12.8. The van der Waals surface area contributed by atoms with Crippen LogP contribution in [0.2, 0.25) is 0 Å². The Hall–Kier alpha value is -0.340. The molecule has 0 saturated heterocycles. The summed E-state index contributed by atoms with van der Waals surface area (Å²) in [6.07, 6.45) is 12.3. The van der Waals surface area contributed by atoms with Crippen LogP contribution < -0.4 is 5.32 Å². The van der Waals surface area contributed by atoms with Gasteiger partial charge in [0.15, 0.2) is 0 Å². The molecule has 0 amide bonds. The molecule has 1 N–H and O–H groups in total. The monoisotopic (exact) mass is 251 g/mol. The normalized spacial score (nSPS) is 24.2. The Morgan fingerprint density at radius 3 is 2.78 bits per heavy atom. The Labute approximate surface area is 112 Å². The van der Waals surface area contributed by atoms with Crippen molar-refractivity contribution >= 4 is 0 Å². The van der Waals surface area contributed by atoms with Gasteiger partial charge in [-0.15, -0.1) is 0 Å². The molecule has 0 aromatic rings. The summed E-state index contributed by atoms with van der Waals surface area (Å²) in [4.78, 5) is 0. The summed E-state index contributed by atoms with van der Waals surface area (Å²) in [5.41, 5.74) is 1.62. The molecule has 2 aliphatic rings. The van der Waals surface area contributed by atoms with Crippen LogP contribution in [-0.4, -0.2) is 25.3 Å². The minimum absolute atomic E-state index is 0.416. The number of rotatable bonds is 7. The third-order valence-corrected chi connectivity index (χ3v) is 4.17. The fraction of sp³-hybridized carbons (Fsp3) is 0.875. The molecule has 0 radical (unpaired) electrons. The molecule has 0 bridgehead atoms. The molecule has 0 aliphatic heterocycles. The van der Waals surface area contributed by atoms with E-state index < -0.39 is 0 Å². The van der Waals surface area contributed by atoms with Crippen molar-refractivity contribution in [2.75, 3.05) is 13.2 Å². The summed E-state index contributed by atoms with van der Waals surface area (Å²) in [6, 6.07) is 0.473. The largest absolute Gasteiger partial charge is 0.376 e. The smallest absolute Gasteiger partial charge is 0.0794 e. The summed E-state index contributed by atoms with van der Waals surface area (Å²) in [6.45, 7) is 6.22. The average Bonchev–Trinajstić information content (AvgIpc) is 3.19. The van der Waals surface area contributed by atoms with E-state index in [9.17, 15) is 0 Å². The molecule has 0 spiro atoms. The van der Waals surface area contributed by atoms with E-state index in [-0.39, 0.29) is 0 Å². The highest BCUT2D eigenvalue weighted by Crippen LogP contribution is 2.38. The first-order valence-corrected chi connectivity index (χ1v) is 7.90. The van der Waals surface area contributed by atoms with E-state index >= 15 is 0 Å². The first-order valence-electron chi connectivity index (χ1n) is 7.90. The van der Waals surface area contributed by atoms with E-state index in [4.69, 9.17) is 4.74 Å². The van der Waals surface area contributed by atoms with Gasteiger partial charge in [-0.2, -0.15) is 0 Å². The van der Waals surface area contributed by atoms with Crippen molar-refractivity contribution in [1.29, 1.82) is 0 Å². The van der Waals surface area contributed by atoms with Gasteiger partial charge in [-0.25, -0.2) is 0 Å². The lowest BCUT2D eigenvalue weighted by Gasteiger charge is -2.30. The SMILES string of the molecule is CCNC(C1=CCCCCC1)C(OCC)C1CC1. The van der Waals surface area contributed by atoms with E-state index in [1.54, 1.807) is 5.57 Å². The van der Waals surface area contributed by atoms with Crippen molar-refractivity contribution in [2.45, 2.75) is 70.9 Å². The number of ether oxygens (including phenoxy) is 1. The molecule has 1 saturated carbocycles. The molecule has 104 valence electrons. The second-order valence-electron chi connectivity index (χ2n) is 5.67. The van der Waals surface area contributed by atoms with Gasteiger partial charge in [0, 0.05) is 6.61 Å². The molecule has 2 atom stereocenters. The van der Waals surface area contributed by atoms with E-state index in [1.807, 2.05) is 0 Å². The summed E-state index contributed by atoms with van der Waals surface area (Å²) in [5.74, 6) is 0.804. The van der Waals surface area contributed by atoms with E-state index in [1.165, 1.54) is 44.9 Å². The second kappa shape index (κ2) is 7.30.